The molecule has 0 radical (unpaired) electrons. The Morgan fingerprint density at radius 1 is 1.50 bits per heavy atom. The van der Waals surface area contributed by atoms with E-state index in [1.807, 2.05) is 6.55 Å². The standard InChI is InChI=1S/C11H19NO5Si/c1-10(2)11(14)16-6-5-7-18(4,15-3)17-9-12-8-13/h1,5-7,9H2,2-4H3. The van der Waals surface area contributed by atoms with Gasteiger partial charge in [0, 0.05) is 12.7 Å². The molecule has 0 aromatic carbocycles. The molecule has 0 fully saturated rings. The van der Waals surface area contributed by atoms with E-state index in [-0.39, 0.29) is 13.3 Å². The SMILES string of the molecule is C=C(C)C(=O)OCCC[Si](C)(OC)OCN=C=O. The van der Waals surface area contributed by atoms with Gasteiger partial charge in [0.1, 0.15) is 6.73 Å². The van der Waals surface area contributed by atoms with Gasteiger partial charge in [0.05, 0.1) is 6.61 Å². The van der Waals surface area contributed by atoms with Gasteiger partial charge in [0.15, 0.2) is 0 Å². The van der Waals surface area contributed by atoms with Gasteiger partial charge in [-0.15, -0.1) is 0 Å². The van der Waals surface area contributed by atoms with Crippen LogP contribution in [0.15, 0.2) is 17.1 Å². The molecule has 0 saturated carbocycles. The van der Waals surface area contributed by atoms with Crippen molar-refractivity contribution in [2.75, 3.05) is 20.4 Å². The summed E-state index contributed by atoms with van der Waals surface area (Å²) in [4.78, 5) is 24.3. The molecule has 0 N–H and O–H groups in total. The van der Waals surface area contributed by atoms with Crippen molar-refractivity contribution in [3.05, 3.63) is 12.2 Å². The normalized spacial score (nSPS) is 13.3. The summed E-state index contributed by atoms with van der Waals surface area (Å²) in [6, 6.07) is 0.640. The number of isocyanates is 1. The fourth-order valence-electron chi connectivity index (χ4n) is 1.11. The molecule has 6 nitrogen and oxygen atoms in total. The molecule has 1 atom stereocenters. The lowest BCUT2D eigenvalue weighted by Gasteiger charge is -2.23. The first-order valence-electron chi connectivity index (χ1n) is 5.50. The number of carbonyl (C=O) groups is 1. The predicted molar refractivity (Wildman–Crippen MR) is 67.9 cm³/mol. The monoisotopic (exact) mass is 273 g/mol. The van der Waals surface area contributed by atoms with Crippen molar-refractivity contribution < 1.29 is 23.2 Å². The Labute approximate surface area is 108 Å². The summed E-state index contributed by atoms with van der Waals surface area (Å²) in [6.45, 7) is 7.17. The first-order valence-corrected chi connectivity index (χ1v) is 8.03. The molecular weight excluding hydrogens is 254 g/mol. The maximum Gasteiger partial charge on any atom is 0.336 e. The zero-order valence-corrected chi connectivity index (χ0v) is 12.0. The topological polar surface area (TPSA) is 74.2 Å². The van der Waals surface area contributed by atoms with Gasteiger partial charge in [-0.25, -0.2) is 9.59 Å². The van der Waals surface area contributed by atoms with E-state index in [0.717, 1.165) is 0 Å². The van der Waals surface area contributed by atoms with Crippen molar-refractivity contribution in [1.29, 1.82) is 0 Å². The van der Waals surface area contributed by atoms with Crippen LogP contribution in [-0.4, -0.2) is 41.1 Å². The molecule has 102 valence electrons. The quantitative estimate of drug-likeness (QED) is 0.159. The number of nitrogens with zero attached hydrogens (tertiary/aromatic N) is 1. The summed E-state index contributed by atoms with van der Waals surface area (Å²) in [6.07, 6.45) is 2.02. The summed E-state index contributed by atoms with van der Waals surface area (Å²) < 4.78 is 15.7. The molecule has 0 rings (SSSR count). The molecule has 0 amide bonds. The lowest BCUT2D eigenvalue weighted by Crippen LogP contribution is -2.37. The van der Waals surface area contributed by atoms with Gasteiger partial charge in [0.2, 0.25) is 6.08 Å². The van der Waals surface area contributed by atoms with Gasteiger partial charge in [-0.2, -0.15) is 4.99 Å². The molecule has 0 heterocycles. The minimum absolute atomic E-state index is 0.0500. The smallest absolute Gasteiger partial charge is 0.336 e. The van der Waals surface area contributed by atoms with Gasteiger partial charge in [-0.3, -0.25) is 0 Å². The van der Waals surface area contributed by atoms with E-state index in [1.54, 1.807) is 14.0 Å². The molecule has 7 heteroatoms. The number of aliphatic imine (C=N–C) groups is 1. The maximum absolute atomic E-state index is 11.1. The highest BCUT2D eigenvalue weighted by atomic mass is 28.4. The van der Waals surface area contributed by atoms with Crippen LogP contribution in [-0.2, 0) is 23.2 Å². The Balaban J connectivity index is 3.95. The average molecular weight is 273 g/mol. The fraction of sp³-hybridized carbons (Fsp3) is 0.636. The molecule has 0 aliphatic heterocycles. The minimum Gasteiger partial charge on any atom is -0.462 e. The van der Waals surface area contributed by atoms with Crippen LogP contribution in [0.2, 0.25) is 12.6 Å². The summed E-state index contributed by atoms with van der Waals surface area (Å²) in [5, 5.41) is 0. The lowest BCUT2D eigenvalue weighted by atomic mass is 10.4. The summed E-state index contributed by atoms with van der Waals surface area (Å²) >= 11 is 0. The molecule has 18 heavy (non-hydrogen) atoms. The number of esters is 1. The van der Waals surface area contributed by atoms with E-state index in [2.05, 4.69) is 11.6 Å². The van der Waals surface area contributed by atoms with Crippen molar-refractivity contribution in [2.24, 2.45) is 4.99 Å². The average Bonchev–Trinajstić information content (AvgIpc) is 2.34. The molecule has 0 aliphatic rings. The zero-order valence-electron chi connectivity index (χ0n) is 11.0. The van der Waals surface area contributed by atoms with E-state index in [1.165, 1.54) is 6.08 Å². The Morgan fingerprint density at radius 2 is 2.17 bits per heavy atom. The van der Waals surface area contributed by atoms with Crippen LogP contribution in [0.25, 0.3) is 0 Å². The molecule has 0 saturated heterocycles. The summed E-state index contributed by atoms with van der Waals surface area (Å²) in [5.41, 5.74) is 0.373. The van der Waals surface area contributed by atoms with E-state index in [4.69, 9.17) is 13.6 Å². The largest absolute Gasteiger partial charge is 0.462 e. The summed E-state index contributed by atoms with van der Waals surface area (Å²) in [5.74, 6) is -0.401. The van der Waals surface area contributed by atoms with Crippen LogP contribution in [0.5, 0.6) is 0 Å². The van der Waals surface area contributed by atoms with Gasteiger partial charge in [-0.05, 0) is 25.9 Å². The number of rotatable bonds is 9. The molecule has 0 aliphatic carbocycles. The highest BCUT2D eigenvalue weighted by Crippen LogP contribution is 2.15. The fourth-order valence-corrected chi connectivity index (χ4v) is 2.70. The Morgan fingerprint density at radius 3 is 2.67 bits per heavy atom. The van der Waals surface area contributed by atoms with Crippen LogP contribution in [0.3, 0.4) is 0 Å². The predicted octanol–water partition coefficient (Wildman–Crippen LogP) is 1.52. The molecule has 1 unspecified atom stereocenters. The summed E-state index contributed by atoms with van der Waals surface area (Å²) in [7, 11) is -0.794. The molecule has 0 spiro atoms. The number of hydrogen-bond donors (Lipinski definition) is 0. The van der Waals surface area contributed by atoms with E-state index in [0.29, 0.717) is 18.0 Å². The third kappa shape index (κ3) is 7.13. The van der Waals surface area contributed by atoms with Crippen molar-refractivity contribution in [2.45, 2.75) is 25.9 Å². The third-order valence-corrected chi connectivity index (χ3v) is 5.15. The zero-order chi connectivity index (χ0) is 14.0. The second-order valence-electron chi connectivity index (χ2n) is 3.88. The van der Waals surface area contributed by atoms with Crippen LogP contribution in [0.1, 0.15) is 13.3 Å². The van der Waals surface area contributed by atoms with Crippen molar-refractivity contribution >= 4 is 20.6 Å². The Bertz CT molecular complexity index is 340. The minimum atomic E-state index is -2.35. The van der Waals surface area contributed by atoms with Crippen LogP contribution >= 0.6 is 0 Å². The third-order valence-electron chi connectivity index (χ3n) is 2.29. The van der Waals surface area contributed by atoms with E-state index in [9.17, 15) is 9.59 Å². The molecule has 0 aromatic heterocycles. The van der Waals surface area contributed by atoms with Crippen LogP contribution < -0.4 is 0 Å². The highest BCUT2D eigenvalue weighted by molar-refractivity contribution is 6.65. The number of carbonyl (C=O) groups excluding carboxylic acids is 2. The van der Waals surface area contributed by atoms with E-state index < -0.39 is 14.5 Å². The van der Waals surface area contributed by atoms with Gasteiger partial charge < -0.3 is 13.6 Å². The first kappa shape index (κ1) is 16.7. The molecular formula is C11H19NO5Si. The van der Waals surface area contributed by atoms with Gasteiger partial charge in [0.25, 0.3) is 0 Å². The maximum atomic E-state index is 11.1. The number of hydrogen-bond acceptors (Lipinski definition) is 6. The molecule has 0 bridgehead atoms. The first-order chi connectivity index (χ1) is 8.45. The van der Waals surface area contributed by atoms with Crippen molar-refractivity contribution in [1.82, 2.24) is 0 Å². The second kappa shape index (κ2) is 8.76. The lowest BCUT2D eigenvalue weighted by molar-refractivity contribution is -0.138. The van der Waals surface area contributed by atoms with Crippen LogP contribution in [0, 0.1) is 0 Å². The Hall–Kier alpha value is -1.27. The van der Waals surface area contributed by atoms with Crippen molar-refractivity contribution in [3.63, 3.8) is 0 Å². The Kier molecular flexibility index (Phi) is 8.14. The van der Waals surface area contributed by atoms with Crippen molar-refractivity contribution in [3.8, 4) is 0 Å². The molecule has 0 aromatic rings. The van der Waals surface area contributed by atoms with Gasteiger partial charge >= 0.3 is 14.5 Å². The van der Waals surface area contributed by atoms with E-state index >= 15 is 0 Å². The second-order valence-corrected chi connectivity index (χ2v) is 7.35. The van der Waals surface area contributed by atoms with Crippen LogP contribution in [0.4, 0.5) is 0 Å². The number of ether oxygens (including phenoxy) is 1. The highest BCUT2D eigenvalue weighted by Gasteiger charge is 2.29. The van der Waals surface area contributed by atoms with Gasteiger partial charge in [-0.1, -0.05) is 6.58 Å².